The minimum atomic E-state index is -0.762. The van der Waals surface area contributed by atoms with Crippen LogP contribution in [0.5, 0.6) is 0 Å². The molecule has 7 nitrogen and oxygen atoms in total. The van der Waals surface area contributed by atoms with Gasteiger partial charge in [0, 0.05) is 44.4 Å². The Balaban J connectivity index is 1.89. The SMILES string of the molecule is CC(=O)N1CCC(Nc2cc(C(=O)NCC(O)CCl)ccn2)CC1. The minimum absolute atomic E-state index is 0.0718. The van der Waals surface area contributed by atoms with Crippen molar-refractivity contribution in [3.63, 3.8) is 0 Å². The molecule has 1 unspecified atom stereocenters. The van der Waals surface area contributed by atoms with E-state index in [1.165, 1.54) is 0 Å². The Labute approximate surface area is 146 Å². The van der Waals surface area contributed by atoms with Gasteiger partial charge in [-0.25, -0.2) is 4.98 Å². The quantitative estimate of drug-likeness (QED) is 0.658. The van der Waals surface area contributed by atoms with Gasteiger partial charge in [0.15, 0.2) is 0 Å². The largest absolute Gasteiger partial charge is 0.390 e. The summed E-state index contributed by atoms with van der Waals surface area (Å²) in [6.45, 7) is 3.14. The number of likely N-dealkylation sites (tertiary alicyclic amines) is 1. The Morgan fingerprint density at radius 1 is 1.46 bits per heavy atom. The summed E-state index contributed by atoms with van der Waals surface area (Å²) in [6, 6.07) is 3.52. The fraction of sp³-hybridized carbons (Fsp3) is 0.562. The first-order valence-corrected chi connectivity index (χ1v) is 8.53. The van der Waals surface area contributed by atoms with Crippen molar-refractivity contribution in [2.24, 2.45) is 0 Å². The van der Waals surface area contributed by atoms with E-state index in [2.05, 4.69) is 15.6 Å². The fourth-order valence-corrected chi connectivity index (χ4v) is 2.67. The Kier molecular flexibility index (Phi) is 6.81. The Hall–Kier alpha value is -1.86. The van der Waals surface area contributed by atoms with Gasteiger partial charge < -0.3 is 20.6 Å². The lowest BCUT2D eigenvalue weighted by molar-refractivity contribution is -0.129. The lowest BCUT2D eigenvalue weighted by atomic mass is 10.0. The van der Waals surface area contributed by atoms with Crippen molar-refractivity contribution >= 4 is 29.2 Å². The predicted octanol–water partition coefficient (Wildman–Crippen LogP) is 0.834. The first-order valence-electron chi connectivity index (χ1n) is 8.00. The van der Waals surface area contributed by atoms with E-state index in [0.29, 0.717) is 11.4 Å². The number of carbonyl (C=O) groups is 2. The highest BCUT2D eigenvalue weighted by Crippen LogP contribution is 2.16. The molecule has 2 amide bonds. The lowest BCUT2D eigenvalue weighted by Crippen LogP contribution is -2.41. The van der Waals surface area contributed by atoms with Gasteiger partial charge in [-0.1, -0.05) is 0 Å². The van der Waals surface area contributed by atoms with Gasteiger partial charge in [-0.15, -0.1) is 11.6 Å². The third kappa shape index (κ3) is 5.35. The van der Waals surface area contributed by atoms with Crippen LogP contribution in [0.15, 0.2) is 18.3 Å². The number of nitrogens with one attached hydrogen (secondary N) is 2. The van der Waals surface area contributed by atoms with E-state index < -0.39 is 6.10 Å². The van der Waals surface area contributed by atoms with E-state index in [-0.39, 0.29) is 30.3 Å². The van der Waals surface area contributed by atoms with Gasteiger partial charge in [0.1, 0.15) is 5.82 Å². The number of alkyl halides is 1. The van der Waals surface area contributed by atoms with Crippen LogP contribution in [-0.2, 0) is 4.79 Å². The molecule has 1 atom stereocenters. The van der Waals surface area contributed by atoms with E-state index in [1.807, 2.05) is 4.90 Å². The van der Waals surface area contributed by atoms with Gasteiger partial charge in [-0.2, -0.15) is 0 Å². The topological polar surface area (TPSA) is 94.6 Å². The molecule has 1 aliphatic rings. The third-order valence-corrected chi connectivity index (χ3v) is 4.35. The molecule has 2 heterocycles. The van der Waals surface area contributed by atoms with E-state index in [0.717, 1.165) is 25.9 Å². The summed E-state index contributed by atoms with van der Waals surface area (Å²) in [6.07, 6.45) is 2.50. The van der Waals surface area contributed by atoms with Crippen molar-refractivity contribution in [3.8, 4) is 0 Å². The summed E-state index contributed by atoms with van der Waals surface area (Å²) < 4.78 is 0. The average molecular weight is 355 g/mol. The average Bonchev–Trinajstić information content (AvgIpc) is 2.60. The second-order valence-corrected chi connectivity index (χ2v) is 6.18. The number of hydrogen-bond acceptors (Lipinski definition) is 5. The number of piperidine rings is 1. The maximum absolute atomic E-state index is 12.1. The lowest BCUT2D eigenvalue weighted by Gasteiger charge is -2.32. The van der Waals surface area contributed by atoms with Gasteiger partial charge in [-0.3, -0.25) is 9.59 Å². The van der Waals surface area contributed by atoms with Crippen molar-refractivity contribution in [3.05, 3.63) is 23.9 Å². The number of aliphatic hydroxyl groups is 1. The number of rotatable bonds is 6. The van der Waals surface area contributed by atoms with E-state index in [9.17, 15) is 14.7 Å². The van der Waals surface area contributed by atoms with Crippen molar-refractivity contribution in [2.75, 3.05) is 30.8 Å². The normalized spacial score (nSPS) is 16.5. The molecule has 1 aromatic heterocycles. The zero-order chi connectivity index (χ0) is 17.5. The summed E-state index contributed by atoms with van der Waals surface area (Å²) in [5.41, 5.74) is 0.468. The molecule has 0 bridgehead atoms. The van der Waals surface area contributed by atoms with Gasteiger partial charge in [0.25, 0.3) is 5.91 Å². The highest BCUT2D eigenvalue weighted by atomic mass is 35.5. The van der Waals surface area contributed by atoms with Crippen LogP contribution in [0.4, 0.5) is 5.82 Å². The third-order valence-electron chi connectivity index (χ3n) is 3.99. The second-order valence-electron chi connectivity index (χ2n) is 5.87. The molecule has 0 aromatic carbocycles. The van der Waals surface area contributed by atoms with Gasteiger partial charge in [-0.05, 0) is 25.0 Å². The number of nitrogens with zero attached hydrogens (tertiary/aromatic N) is 2. The monoisotopic (exact) mass is 354 g/mol. The molecule has 2 rings (SSSR count). The first-order chi connectivity index (χ1) is 11.5. The molecule has 8 heteroatoms. The maximum Gasteiger partial charge on any atom is 0.251 e. The number of halogens is 1. The summed E-state index contributed by atoms with van der Waals surface area (Å²) in [4.78, 5) is 29.5. The van der Waals surface area contributed by atoms with Crippen LogP contribution < -0.4 is 10.6 Å². The smallest absolute Gasteiger partial charge is 0.251 e. The highest BCUT2D eigenvalue weighted by molar-refractivity contribution is 6.18. The van der Waals surface area contributed by atoms with E-state index >= 15 is 0 Å². The van der Waals surface area contributed by atoms with E-state index in [1.54, 1.807) is 25.3 Å². The van der Waals surface area contributed by atoms with Crippen molar-refractivity contribution in [1.82, 2.24) is 15.2 Å². The summed E-state index contributed by atoms with van der Waals surface area (Å²) in [5, 5.41) is 15.3. The Bertz CT molecular complexity index is 576. The number of anilines is 1. The molecule has 0 aliphatic carbocycles. The van der Waals surface area contributed by atoms with Gasteiger partial charge >= 0.3 is 0 Å². The first kappa shape index (κ1) is 18.5. The van der Waals surface area contributed by atoms with E-state index in [4.69, 9.17) is 11.6 Å². The molecule has 1 aliphatic heterocycles. The number of hydrogen-bond donors (Lipinski definition) is 3. The van der Waals surface area contributed by atoms with Gasteiger partial charge in [0.2, 0.25) is 5.91 Å². The molecule has 0 spiro atoms. The van der Waals surface area contributed by atoms with Crippen LogP contribution in [0.25, 0.3) is 0 Å². The number of pyridine rings is 1. The summed E-state index contributed by atoms with van der Waals surface area (Å²) in [7, 11) is 0. The van der Waals surface area contributed by atoms with Crippen LogP contribution in [0.3, 0.4) is 0 Å². The molecule has 3 N–H and O–H groups in total. The number of aromatic nitrogens is 1. The van der Waals surface area contributed by atoms with Crippen LogP contribution in [-0.4, -0.2) is 64.5 Å². The predicted molar refractivity (Wildman–Crippen MR) is 92.2 cm³/mol. The molecular formula is C16H23ClN4O3. The molecule has 0 saturated carbocycles. The summed E-state index contributed by atoms with van der Waals surface area (Å²) >= 11 is 5.50. The highest BCUT2D eigenvalue weighted by Gasteiger charge is 2.21. The van der Waals surface area contributed by atoms with Crippen LogP contribution >= 0.6 is 11.6 Å². The molecular weight excluding hydrogens is 332 g/mol. The standard InChI is InChI=1S/C16H23ClN4O3/c1-11(22)21-6-3-13(4-7-21)20-15-8-12(2-5-18-15)16(24)19-10-14(23)9-17/h2,5,8,13-14,23H,3-4,6-7,9-10H2,1H3,(H,18,20)(H,19,24). The molecule has 1 fully saturated rings. The number of amides is 2. The van der Waals surface area contributed by atoms with Crippen LogP contribution in [0.1, 0.15) is 30.1 Å². The molecule has 1 aromatic rings. The van der Waals surface area contributed by atoms with Crippen LogP contribution in [0, 0.1) is 0 Å². The van der Waals surface area contributed by atoms with Crippen molar-refractivity contribution in [2.45, 2.75) is 31.9 Å². The second kappa shape index (κ2) is 8.84. The number of aliphatic hydroxyl groups excluding tert-OH is 1. The summed E-state index contributed by atoms with van der Waals surface area (Å²) in [5.74, 6) is 0.518. The molecule has 24 heavy (non-hydrogen) atoms. The molecule has 1 saturated heterocycles. The molecule has 0 radical (unpaired) electrons. The zero-order valence-corrected chi connectivity index (χ0v) is 14.4. The fourth-order valence-electron chi connectivity index (χ4n) is 2.57. The van der Waals surface area contributed by atoms with Gasteiger partial charge in [0.05, 0.1) is 12.0 Å². The Morgan fingerprint density at radius 3 is 2.79 bits per heavy atom. The minimum Gasteiger partial charge on any atom is -0.390 e. The molecule has 132 valence electrons. The van der Waals surface area contributed by atoms with Crippen molar-refractivity contribution in [1.29, 1.82) is 0 Å². The zero-order valence-electron chi connectivity index (χ0n) is 13.7. The van der Waals surface area contributed by atoms with Crippen LogP contribution in [0.2, 0.25) is 0 Å². The Morgan fingerprint density at radius 2 is 2.17 bits per heavy atom. The van der Waals surface area contributed by atoms with Crippen molar-refractivity contribution < 1.29 is 14.7 Å². The maximum atomic E-state index is 12.1. The number of carbonyl (C=O) groups excluding carboxylic acids is 2.